The summed E-state index contributed by atoms with van der Waals surface area (Å²) in [6, 6.07) is 1.37. The molecule has 148 valence electrons. The average molecular weight is 401 g/mol. The van der Waals surface area contributed by atoms with Gasteiger partial charge in [0.2, 0.25) is 0 Å². The third-order valence-corrected chi connectivity index (χ3v) is 6.73. The first-order chi connectivity index (χ1) is 13.7. The molecule has 8 nitrogen and oxygen atoms in total. The minimum Gasteiger partial charge on any atom is -0.476 e. The lowest BCUT2D eigenvalue weighted by molar-refractivity contribution is 0.206. The highest BCUT2D eigenvalue weighted by Crippen LogP contribution is 2.38. The van der Waals surface area contributed by atoms with Crippen molar-refractivity contribution in [3.63, 3.8) is 0 Å². The van der Waals surface area contributed by atoms with Gasteiger partial charge in [-0.05, 0) is 65.7 Å². The van der Waals surface area contributed by atoms with Crippen molar-refractivity contribution in [3.05, 3.63) is 34.5 Å². The maximum atomic E-state index is 12.6. The SMILES string of the molecule is O=C(N=[S-](=O)c1cnn2c1OC[C@H]2CO)Nc1c2c(cc3c1CCC3)CCC2. The molecule has 0 unspecified atom stereocenters. The van der Waals surface area contributed by atoms with Gasteiger partial charge in [0, 0.05) is 11.9 Å². The maximum Gasteiger partial charge on any atom is 0.322 e. The van der Waals surface area contributed by atoms with Gasteiger partial charge in [0.25, 0.3) is 0 Å². The number of urea groups is 1. The second kappa shape index (κ2) is 6.89. The van der Waals surface area contributed by atoms with Crippen LogP contribution in [0.2, 0.25) is 0 Å². The van der Waals surface area contributed by atoms with E-state index in [4.69, 9.17) is 4.74 Å². The topological polar surface area (TPSA) is 106 Å². The van der Waals surface area contributed by atoms with E-state index in [0.717, 1.165) is 44.2 Å². The Morgan fingerprint density at radius 1 is 1.29 bits per heavy atom. The number of carbonyl (C=O) groups is 1. The Kier molecular flexibility index (Phi) is 4.36. The molecule has 1 aromatic carbocycles. The molecule has 0 radical (unpaired) electrons. The lowest BCUT2D eigenvalue weighted by Crippen LogP contribution is -2.12. The van der Waals surface area contributed by atoms with Crippen molar-refractivity contribution in [2.45, 2.75) is 49.5 Å². The predicted octanol–water partition coefficient (Wildman–Crippen LogP) is 2.52. The molecule has 0 bridgehead atoms. The summed E-state index contributed by atoms with van der Waals surface area (Å²) in [5.74, 6) is 0.301. The molecule has 1 aromatic heterocycles. The van der Waals surface area contributed by atoms with E-state index in [-0.39, 0.29) is 24.2 Å². The van der Waals surface area contributed by atoms with Crippen LogP contribution in [0, 0.1) is 0 Å². The molecule has 2 aromatic rings. The summed E-state index contributed by atoms with van der Waals surface area (Å²) in [5.41, 5.74) is 5.92. The first-order valence-corrected chi connectivity index (χ1v) is 10.7. The Morgan fingerprint density at radius 3 is 2.68 bits per heavy atom. The number of fused-ring (bicyclic) bond motifs is 3. The van der Waals surface area contributed by atoms with E-state index < -0.39 is 16.6 Å². The van der Waals surface area contributed by atoms with Gasteiger partial charge >= 0.3 is 6.03 Å². The summed E-state index contributed by atoms with van der Waals surface area (Å²) in [5, 5.41) is 16.3. The summed E-state index contributed by atoms with van der Waals surface area (Å²) in [6.07, 6.45) is 7.55. The van der Waals surface area contributed by atoms with Crippen molar-refractivity contribution in [3.8, 4) is 5.88 Å². The summed E-state index contributed by atoms with van der Waals surface area (Å²) in [6.45, 7) is 0.140. The number of aliphatic hydroxyl groups is 1. The molecule has 9 heteroatoms. The molecule has 2 heterocycles. The summed E-state index contributed by atoms with van der Waals surface area (Å²) in [7, 11) is -1.93. The van der Waals surface area contributed by atoms with Gasteiger partial charge in [0.1, 0.15) is 12.6 Å². The van der Waals surface area contributed by atoms with Crippen molar-refractivity contribution in [2.24, 2.45) is 4.36 Å². The quantitative estimate of drug-likeness (QED) is 0.769. The molecule has 0 fully saturated rings. The number of hydrogen-bond donors (Lipinski definition) is 2. The number of nitrogens with zero attached hydrogens (tertiary/aromatic N) is 3. The lowest BCUT2D eigenvalue weighted by atomic mass is 9.99. The van der Waals surface area contributed by atoms with E-state index in [2.05, 4.69) is 20.8 Å². The minimum absolute atomic E-state index is 0.122. The monoisotopic (exact) mass is 401 g/mol. The summed E-state index contributed by atoms with van der Waals surface area (Å²) < 4.78 is 23.4. The third-order valence-electron chi connectivity index (χ3n) is 5.75. The van der Waals surface area contributed by atoms with E-state index in [1.807, 2.05) is 0 Å². The van der Waals surface area contributed by atoms with Gasteiger partial charge in [-0.3, -0.25) is 0 Å². The largest absolute Gasteiger partial charge is 0.476 e. The van der Waals surface area contributed by atoms with Crippen molar-refractivity contribution in [1.29, 1.82) is 0 Å². The lowest BCUT2D eigenvalue weighted by Gasteiger charge is -2.15. The van der Waals surface area contributed by atoms with Crippen LogP contribution in [0.5, 0.6) is 5.88 Å². The van der Waals surface area contributed by atoms with Crippen molar-refractivity contribution in [1.82, 2.24) is 9.78 Å². The van der Waals surface area contributed by atoms with Crippen LogP contribution in [-0.2, 0) is 40.5 Å². The molecule has 2 amide bonds. The second-order valence-electron chi connectivity index (χ2n) is 7.41. The van der Waals surface area contributed by atoms with Crippen LogP contribution in [-0.4, -0.2) is 34.1 Å². The zero-order valence-corrected chi connectivity index (χ0v) is 16.1. The number of hydrogen-bond acceptors (Lipinski definition) is 6. The number of aromatic nitrogens is 2. The van der Waals surface area contributed by atoms with Gasteiger partial charge in [-0.25, -0.2) is 9.48 Å². The second-order valence-corrected chi connectivity index (χ2v) is 8.53. The minimum atomic E-state index is -1.93. The molecule has 2 aliphatic carbocycles. The van der Waals surface area contributed by atoms with Gasteiger partial charge in [-0.1, -0.05) is 6.07 Å². The molecule has 1 aliphatic heterocycles. The van der Waals surface area contributed by atoms with E-state index in [1.165, 1.54) is 33.1 Å². The maximum absolute atomic E-state index is 12.6. The highest BCUT2D eigenvalue weighted by molar-refractivity contribution is 7.75. The molecular formula is C19H21N4O4S-. The number of nitrogens with one attached hydrogen (secondary N) is 1. The first-order valence-electron chi connectivity index (χ1n) is 9.58. The number of aryl methyl sites for hydroxylation is 2. The predicted molar refractivity (Wildman–Crippen MR) is 102 cm³/mol. The third kappa shape index (κ3) is 2.80. The smallest absolute Gasteiger partial charge is 0.322 e. The van der Waals surface area contributed by atoms with Crippen LogP contribution in [0.1, 0.15) is 41.1 Å². The van der Waals surface area contributed by atoms with Crippen LogP contribution in [0.15, 0.2) is 21.5 Å². The van der Waals surface area contributed by atoms with Crippen molar-refractivity contribution < 1.29 is 18.8 Å². The normalized spacial score (nSPS) is 20.5. The zero-order valence-electron chi connectivity index (χ0n) is 15.3. The number of amides is 2. The number of aliphatic hydroxyl groups excluding tert-OH is 1. The van der Waals surface area contributed by atoms with Gasteiger partial charge in [-0.2, -0.15) is 5.10 Å². The van der Waals surface area contributed by atoms with E-state index >= 15 is 0 Å². The molecular weight excluding hydrogens is 380 g/mol. The Morgan fingerprint density at radius 2 is 2.00 bits per heavy atom. The fourth-order valence-electron chi connectivity index (χ4n) is 4.45. The van der Waals surface area contributed by atoms with Crippen LogP contribution >= 0.6 is 0 Å². The van der Waals surface area contributed by atoms with E-state index in [1.54, 1.807) is 0 Å². The van der Waals surface area contributed by atoms with E-state index in [0.29, 0.717) is 5.88 Å². The van der Waals surface area contributed by atoms with Gasteiger partial charge in [0.05, 0.1) is 6.61 Å². The van der Waals surface area contributed by atoms with Gasteiger partial charge in [-0.15, -0.1) is 10.6 Å². The van der Waals surface area contributed by atoms with E-state index in [9.17, 15) is 14.1 Å². The fourth-order valence-corrected chi connectivity index (χ4v) is 5.18. The van der Waals surface area contributed by atoms with Gasteiger partial charge < -0.3 is 23.7 Å². The number of anilines is 1. The molecule has 28 heavy (non-hydrogen) atoms. The Hall–Kier alpha value is -2.39. The van der Waals surface area contributed by atoms with Crippen LogP contribution < -0.4 is 10.1 Å². The average Bonchev–Trinajstić information content (AvgIpc) is 3.44. The van der Waals surface area contributed by atoms with Crippen molar-refractivity contribution in [2.75, 3.05) is 18.5 Å². The Balaban J connectivity index is 1.43. The Bertz CT molecular complexity index is 1020. The standard InChI is InChI=1S/C19H21N4O4S/c24-9-13-10-27-18-16(8-20-23(13)18)28(26)22-19(25)21-17-14-5-1-3-11(14)7-12-4-2-6-15(12)17/h7-8,13,24H,1-6,9-10H2,(H,21,25)/q-1/t13-/m1/s1. The molecule has 1 atom stereocenters. The highest BCUT2D eigenvalue weighted by Gasteiger charge is 2.26. The van der Waals surface area contributed by atoms with Crippen LogP contribution in [0.3, 0.4) is 0 Å². The molecule has 2 N–H and O–H groups in total. The van der Waals surface area contributed by atoms with Gasteiger partial charge in [0.15, 0.2) is 5.88 Å². The van der Waals surface area contributed by atoms with Crippen LogP contribution in [0.4, 0.5) is 10.5 Å². The van der Waals surface area contributed by atoms with Crippen molar-refractivity contribution >= 4 is 22.3 Å². The number of ether oxygens (including phenoxy) is 1. The molecule has 0 spiro atoms. The Labute approximate surface area is 164 Å². The molecule has 3 aliphatic rings. The van der Waals surface area contributed by atoms with Crippen LogP contribution in [0.25, 0.3) is 0 Å². The number of rotatable bonds is 3. The molecule has 5 rings (SSSR count). The summed E-state index contributed by atoms with van der Waals surface area (Å²) in [4.78, 5) is 12.8. The summed E-state index contributed by atoms with van der Waals surface area (Å²) >= 11 is 0. The number of carbonyl (C=O) groups excluding carboxylic acids is 1. The zero-order chi connectivity index (χ0) is 19.3. The fraction of sp³-hybridized carbons (Fsp3) is 0.474. The number of benzene rings is 1. The molecule has 0 saturated carbocycles. The highest BCUT2D eigenvalue weighted by atomic mass is 32.2. The first kappa shape index (κ1) is 17.7. The molecule has 0 saturated heterocycles.